The molecule has 28 heavy (non-hydrogen) atoms. The van der Waals surface area contributed by atoms with Gasteiger partial charge in [0.05, 0.1) is 13.8 Å². The molecule has 0 atom stereocenters. The first kappa shape index (κ1) is 16.6. The van der Waals surface area contributed by atoms with E-state index < -0.39 is 19.9 Å². The molecule has 2 aromatic carbocycles. The summed E-state index contributed by atoms with van der Waals surface area (Å²) in [6.07, 6.45) is 0.220. The van der Waals surface area contributed by atoms with E-state index >= 15 is 0 Å². The third kappa shape index (κ3) is 3.64. The van der Waals surface area contributed by atoms with Crippen molar-refractivity contribution in [3.8, 4) is 11.3 Å². The highest BCUT2D eigenvalue weighted by Crippen LogP contribution is 2.35. The van der Waals surface area contributed by atoms with Crippen LogP contribution in [0, 0.1) is 5.41 Å². The first-order valence-electron chi connectivity index (χ1n) is 10.8. The molecule has 0 aliphatic rings. The summed E-state index contributed by atoms with van der Waals surface area (Å²) >= 11 is 0. The summed E-state index contributed by atoms with van der Waals surface area (Å²) < 4.78 is 23.6. The van der Waals surface area contributed by atoms with Crippen LogP contribution in [0.1, 0.15) is 29.1 Å². The van der Waals surface area contributed by atoms with Crippen LogP contribution >= 0.6 is 0 Å². The number of hydrogen-bond acceptors (Lipinski definition) is 2. The second-order valence-electron chi connectivity index (χ2n) is 9.55. The van der Waals surface area contributed by atoms with Crippen LogP contribution in [0.4, 0.5) is 0 Å². The molecule has 0 unspecified atom stereocenters. The van der Waals surface area contributed by atoms with Crippen molar-refractivity contribution in [3.63, 3.8) is 0 Å². The van der Waals surface area contributed by atoms with Gasteiger partial charge in [-0.1, -0.05) is 69.9 Å². The zero-order chi connectivity index (χ0) is 21.9. The maximum atomic E-state index is 8.63. The highest BCUT2D eigenvalue weighted by Gasteiger charge is 2.19. The molecular formula is C25H29NOSi. The second-order valence-corrected chi connectivity index (χ2v) is 14.6. The summed E-state index contributed by atoms with van der Waals surface area (Å²) in [5.41, 5.74) is 3.44. The summed E-state index contributed by atoms with van der Waals surface area (Å²) in [6, 6.07) is 16.3. The summed E-state index contributed by atoms with van der Waals surface area (Å²) in [5, 5.41) is 3.54. The van der Waals surface area contributed by atoms with Crippen molar-refractivity contribution < 1.29 is 7.16 Å². The molecule has 0 aliphatic heterocycles. The predicted molar refractivity (Wildman–Crippen MR) is 123 cm³/mol. The first-order valence-corrected chi connectivity index (χ1v) is 13.3. The van der Waals surface area contributed by atoms with Gasteiger partial charge in [-0.05, 0) is 41.6 Å². The van der Waals surface area contributed by atoms with Crippen LogP contribution in [0.5, 0.6) is 0 Å². The van der Waals surface area contributed by atoms with Crippen molar-refractivity contribution in [3.05, 3.63) is 60.3 Å². The van der Waals surface area contributed by atoms with Crippen molar-refractivity contribution in [2.24, 2.45) is 5.41 Å². The number of hydrogen-bond donors (Lipinski definition) is 0. The topological polar surface area (TPSA) is 26.0 Å². The van der Waals surface area contributed by atoms with E-state index in [9.17, 15) is 0 Å². The molecule has 2 heterocycles. The van der Waals surface area contributed by atoms with Crippen LogP contribution in [0.15, 0.2) is 59.1 Å². The summed E-state index contributed by atoms with van der Waals surface area (Å²) in [7, 11) is -1.44. The van der Waals surface area contributed by atoms with Gasteiger partial charge < -0.3 is 4.42 Å². The Bertz CT molecular complexity index is 1250. The Balaban J connectivity index is 1.91. The number of pyridine rings is 1. The minimum atomic E-state index is -1.47. The first-order chi connectivity index (χ1) is 13.9. The Hall–Kier alpha value is -2.39. The predicted octanol–water partition coefficient (Wildman–Crippen LogP) is 6.78. The van der Waals surface area contributed by atoms with Gasteiger partial charge in [-0.25, -0.2) is 0 Å². The molecule has 0 saturated carbocycles. The quantitative estimate of drug-likeness (QED) is 0.361. The van der Waals surface area contributed by atoms with Crippen LogP contribution < -0.4 is 5.19 Å². The van der Waals surface area contributed by atoms with Gasteiger partial charge in [0.25, 0.3) is 0 Å². The third-order valence-electron chi connectivity index (χ3n) is 4.92. The fourth-order valence-corrected chi connectivity index (χ4v) is 4.70. The molecule has 0 fully saturated rings. The Labute approximate surface area is 171 Å². The molecule has 0 spiro atoms. The Morgan fingerprint density at radius 2 is 1.79 bits per heavy atom. The molecule has 0 N–H and O–H groups in total. The fourth-order valence-electron chi connectivity index (χ4n) is 3.56. The smallest absolute Gasteiger partial charge is 0.144 e. The minimum Gasteiger partial charge on any atom is -0.455 e. The van der Waals surface area contributed by atoms with E-state index in [-0.39, 0.29) is 0 Å². The van der Waals surface area contributed by atoms with Gasteiger partial charge in [-0.15, -0.1) is 0 Å². The molecule has 0 aliphatic carbocycles. The Morgan fingerprint density at radius 1 is 1.00 bits per heavy atom. The maximum absolute atomic E-state index is 8.63. The molecule has 3 heteroatoms. The lowest BCUT2D eigenvalue weighted by molar-refractivity contribution is 0.411. The minimum absolute atomic E-state index is 0.524. The van der Waals surface area contributed by atoms with Gasteiger partial charge in [-0.2, -0.15) is 0 Å². The molecule has 0 saturated heterocycles. The van der Waals surface area contributed by atoms with Crippen molar-refractivity contribution in [1.82, 2.24) is 4.98 Å². The standard InChI is InChI=1S/C25H29NOSi/c1-25(2,3)16-17-12-13-26-22(14-17)21-9-7-8-20-19-11-10-18(28(4,5)6)15-23(19)27-24(20)21/h7-15H,16H2,1-6H3/i16D2. The van der Waals surface area contributed by atoms with Crippen molar-refractivity contribution >= 4 is 35.2 Å². The van der Waals surface area contributed by atoms with Gasteiger partial charge in [0.2, 0.25) is 0 Å². The average Bonchev–Trinajstić information content (AvgIpc) is 3.04. The highest BCUT2D eigenvalue weighted by atomic mass is 28.3. The van der Waals surface area contributed by atoms with Crippen LogP contribution in [0.2, 0.25) is 19.6 Å². The molecule has 144 valence electrons. The van der Waals surface area contributed by atoms with E-state index in [0.717, 1.165) is 33.2 Å². The average molecular weight is 390 g/mol. The monoisotopic (exact) mass is 389 g/mol. The number of para-hydroxylation sites is 1. The molecule has 2 nitrogen and oxygen atoms in total. The largest absolute Gasteiger partial charge is 0.455 e. The lowest BCUT2D eigenvalue weighted by Gasteiger charge is -2.18. The molecule has 2 aromatic heterocycles. The summed E-state index contributed by atoms with van der Waals surface area (Å²) in [4.78, 5) is 4.56. The number of fused-ring (bicyclic) bond motifs is 3. The Kier molecular flexibility index (Phi) is 3.90. The number of nitrogens with zero attached hydrogens (tertiary/aromatic N) is 1. The molecule has 4 rings (SSSR count). The van der Waals surface area contributed by atoms with Gasteiger partial charge in [0.1, 0.15) is 11.2 Å². The Morgan fingerprint density at radius 3 is 2.50 bits per heavy atom. The van der Waals surface area contributed by atoms with Crippen molar-refractivity contribution in [1.29, 1.82) is 0 Å². The number of rotatable bonds is 3. The van der Waals surface area contributed by atoms with Crippen molar-refractivity contribution in [2.75, 3.05) is 0 Å². The van der Waals surface area contributed by atoms with Crippen LogP contribution in [-0.2, 0) is 6.37 Å². The van der Waals surface area contributed by atoms with Crippen LogP contribution in [0.25, 0.3) is 33.2 Å². The van der Waals surface area contributed by atoms with Gasteiger partial charge in [0, 0.05) is 25.3 Å². The summed E-state index contributed by atoms with van der Waals surface area (Å²) in [6.45, 7) is 12.8. The summed E-state index contributed by atoms with van der Waals surface area (Å²) in [5.74, 6) is 0. The second kappa shape index (κ2) is 6.59. The lowest BCUT2D eigenvalue weighted by atomic mass is 9.88. The molecule has 4 aromatic rings. The molecule has 0 amide bonds. The highest BCUT2D eigenvalue weighted by molar-refractivity contribution is 6.88. The number of aromatic nitrogens is 1. The van der Waals surface area contributed by atoms with Gasteiger partial charge >= 0.3 is 0 Å². The number of furan rings is 1. The van der Waals surface area contributed by atoms with Crippen molar-refractivity contribution in [2.45, 2.75) is 46.8 Å². The van der Waals surface area contributed by atoms with E-state index in [1.807, 2.05) is 39.0 Å². The zero-order valence-electron chi connectivity index (χ0n) is 19.6. The van der Waals surface area contributed by atoms with Gasteiger partial charge in [0.15, 0.2) is 0 Å². The molecular weight excluding hydrogens is 358 g/mol. The van der Waals surface area contributed by atoms with Crippen LogP contribution in [-0.4, -0.2) is 13.1 Å². The molecule has 0 radical (unpaired) electrons. The molecule has 0 bridgehead atoms. The van der Waals surface area contributed by atoms with Gasteiger partial charge in [-0.3, -0.25) is 4.98 Å². The zero-order valence-corrected chi connectivity index (χ0v) is 18.6. The number of benzene rings is 2. The van der Waals surface area contributed by atoms with E-state index in [1.54, 1.807) is 12.3 Å². The normalized spacial score (nSPS) is 14.4. The maximum Gasteiger partial charge on any atom is 0.144 e. The van der Waals surface area contributed by atoms with Crippen LogP contribution in [0.3, 0.4) is 0 Å². The van der Waals surface area contributed by atoms with E-state index in [4.69, 9.17) is 7.16 Å². The van der Waals surface area contributed by atoms with E-state index in [1.165, 1.54) is 5.19 Å². The lowest BCUT2D eigenvalue weighted by Crippen LogP contribution is -2.37. The SMILES string of the molecule is [2H]C([2H])(c1ccnc(-c2cccc3c2oc2cc([Si](C)(C)C)ccc23)c1)C(C)(C)C. The third-order valence-corrected chi connectivity index (χ3v) is 6.96. The fraction of sp³-hybridized carbons (Fsp3) is 0.320. The van der Waals surface area contributed by atoms with E-state index in [0.29, 0.717) is 5.56 Å². The van der Waals surface area contributed by atoms with E-state index in [2.05, 4.69) is 48.9 Å².